The van der Waals surface area contributed by atoms with Gasteiger partial charge in [0, 0.05) is 13.0 Å². The Morgan fingerprint density at radius 1 is 0.632 bits per heavy atom. The number of rotatable bonds is 29. The Morgan fingerprint density at radius 2 is 1.11 bits per heavy atom. The van der Waals surface area contributed by atoms with Crippen molar-refractivity contribution in [3.05, 3.63) is 36.5 Å². The molecule has 0 rings (SSSR count). The highest BCUT2D eigenvalue weighted by atomic mass is 16.6. The van der Waals surface area contributed by atoms with Crippen molar-refractivity contribution in [3.8, 4) is 0 Å². The van der Waals surface area contributed by atoms with E-state index in [0.717, 1.165) is 32.1 Å². The molecule has 0 aliphatic carbocycles. The normalized spacial score (nSPS) is 12.8. The summed E-state index contributed by atoms with van der Waals surface area (Å²) in [5.74, 6) is -0.240. The Kier molecular flexibility index (Phi) is 30.7. The number of allylic oxidation sites excluding steroid dienone is 6. The molecule has 0 bridgehead atoms. The van der Waals surface area contributed by atoms with Crippen LogP contribution in [0.4, 0.5) is 0 Å². The summed E-state index contributed by atoms with van der Waals surface area (Å²) in [4.78, 5) is 11.6. The fourth-order valence-electron chi connectivity index (χ4n) is 4.25. The monoisotopic (exact) mass is 534 g/mol. The number of aliphatic hydroxyl groups excluding tert-OH is 1. The smallest absolute Gasteiger partial charge is 0.306 e. The van der Waals surface area contributed by atoms with Crippen LogP contribution in [0.15, 0.2) is 36.5 Å². The molecule has 0 aliphatic heterocycles. The molecule has 0 fully saturated rings. The second-order valence-electron chi connectivity index (χ2n) is 10.5. The summed E-state index contributed by atoms with van der Waals surface area (Å²) in [5.41, 5.74) is 0. The van der Waals surface area contributed by atoms with Crippen LogP contribution in [-0.2, 0) is 14.3 Å². The van der Waals surface area contributed by atoms with Crippen molar-refractivity contribution in [2.75, 3.05) is 19.8 Å². The van der Waals surface area contributed by atoms with Crippen molar-refractivity contribution >= 4 is 5.97 Å². The molecule has 0 heterocycles. The molecule has 0 aromatic heterocycles. The van der Waals surface area contributed by atoms with Crippen LogP contribution in [-0.4, -0.2) is 37.0 Å². The molecule has 0 spiro atoms. The molecule has 0 saturated heterocycles. The Morgan fingerprint density at radius 3 is 1.63 bits per heavy atom. The second kappa shape index (κ2) is 31.8. The second-order valence-corrected chi connectivity index (χ2v) is 10.5. The van der Waals surface area contributed by atoms with Crippen LogP contribution < -0.4 is 0 Å². The number of hydrogen-bond acceptors (Lipinski definition) is 4. The molecule has 4 nitrogen and oxygen atoms in total. The first-order chi connectivity index (χ1) is 18.7. The fraction of sp³-hybridized carbons (Fsp3) is 0.794. The minimum atomic E-state index is -0.529. The number of esters is 1. The van der Waals surface area contributed by atoms with Crippen molar-refractivity contribution in [3.63, 3.8) is 0 Å². The van der Waals surface area contributed by atoms with E-state index in [1.54, 1.807) is 0 Å². The molecular weight excluding hydrogens is 472 g/mol. The Labute approximate surface area is 236 Å². The van der Waals surface area contributed by atoms with Crippen molar-refractivity contribution in [2.45, 2.75) is 155 Å². The number of aliphatic hydroxyl groups is 1. The quantitative estimate of drug-likeness (QED) is 0.0589. The minimum absolute atomic E-state index is 0.178. The Hall–Kier alpha value is -1.39. The standard InChI is InChI=1S/C34H62O4/c1-3-5-7-8-9-10-11-12-13-14-15-16-17-18-19-20-21-22-23-24-25-26-27-28-30-37-32-33(31-35)38-34(36)29-6-4-2/h11-12,14-15,17-18,33,35H,3-10,13,16,19-32H2,1-2H3/b12-11-,15-14-,18-17-. The summed E-state index contributed by atoms with van der Waals surface area (Å²) in [7, 11) is 0. The molecule has 222 valence electrons. The van der Waals surface area contributed by atoms with E-state index in [4.69, 9.17) is 9.47 Å². The van der Waals surface area contributed by atoms with Gasteiger partial charge in [-0.15, -0.1) is 0 Å². The summed E-state index contributed by atoms with van der Waals surface area (Å²) in [6, 6.07) is 0. The van der Waals surface area contributed by atoms with Crippen molar-refractivity contribution in [1.82, 2.24) is 0 Å². The van der Waals surface area contributed by atoms with Crippen LogP contribution in [0.2, 0.25) is 0 Å². The number of unbranched alkanes of at least 4 members (excludes halogenated alkanes) is 15. The van der Waals surface area contributed by atoms with Crippen LogP contribution >= 0.6 is 0 Å². The SMILES string of the molecule is CCCCCCC/C=C\C/C=C\C/C=C\CCCCCCCCCCCOCC(CO)OC(=O)CCCC. The largest absolute Gasteiger partial charge is 0.457 e. The van der Waals surface area contributed by atoms with Gasteiger partial charge in [0.05, 0.1) is 13.2 Å². The predicted molar refractivity (Wildman–Crippen MR) is 164 cm³/mol. The summed E-state index contributed by atoms with van der Waals surface area (Å²) >= 11 is 0. The predicted octanol–water partition coefficient (Wildman–Crippen LogP) is 9.81. The zero-order chi connectivity index (χ0) is 27.8. The summed E-state index contributed by atoms with van der Waals surface area (Å²) in [6.45, 7) is 5.09. The van der Waals surface area contributed by atoms with E-state index in [1.807, 2.05) is 6.92 Å². The first-order valence-corrected chi connectivity index (χ1v) is 16.1. The van der Waals surface area contributed by atoms with E-state index in [1.165, 1.54) is 96.3 Å². The van der Waals surface area contributed by atoms with Crippen LogP contribution in [0.5, 0.6) is 0 Å². The Balaban J connectivity index is 3.36. The van der Waals surface area contributed by atoms with Crippen LogP contribution in [0.25, 0.3) is 0 Å². The average Bonchev–Trinajstić information content (AvgIpc) is 2.93. The number of carbonyl (C=O) groups is 1. The van der Waals surface area contributed by atoms with E-state index in [-0.39, 0.29) is 19.2 Å². The molecular formula is C34H62O4. The number of ether oxygens (including phenoxy) is 2. The van der Waals surface area contributed by atoms with Crippen LogP contribution in [0.3, 0.4) is 0 Å². The summed E-state index contributed by atoms with van der Waals surface area (Å²) in [6.07, 6.45) is 38.4. The molecule has 0 amide bonds. The molecule has 1 unspecified atom stereocenters. The number of carbonyl (C=O) groups excluding carboxylic acids is 1. The van der Waals surface area contributed by atoms with Gasteiger partial charge in [-0.3, -0.25) is 4.79 Å². The molecule has 0 aromatic carbocycles. The average molecular weight is 535 g/mol. The summed E-state index contributed by atoms with van der Waals surface area (Å²) < 4.78 is 10.8. The lowest BCUT2D eigenvalue weighted by Gasteiger charge is -2.15. The van der Waals surface area contributed by atoms with E-state index in [0.29, 0.717) is 13.0 Å². The van der Waals surface area contributed by atoms with Crippen LogP contribution in [0, 0.1) is 0 Å². The van der Waals surface area contributed by atoms with Crippen molar-refractivity contribution in [2.24, 2.45) is 0 Å². The Bertz CT molecular complexity index is 567. The summed E-state index contributed by atoms with van der Waals surface area (Å²) in [5, 5.41) is 9.33. The van der Waals surface area contributed by atoms with Crippen LogP contribution in [0.1, 0.15) is 149 Å². The molecule has 4 heteroatoms. The molecule has 38 heavy (non-hydrogen) atoms. The lowest BCUT2D eigenvalue weighted by atomic mass is 10.1. The van der Waals surface area contributed by atoms with Gasteiger partial charge in [0.25, 0.3) is 0 Å². The third kappa shape index (κ3) is 29.2. The van der Waals surface area contributed by atoms with Gasteiger partial charge in [0.1, 0.15) is 6.10 Å². The minimum Gasteiger partial charge on any atom is -0.457 e. The maximum Gasteiger partial charge on any atom is 0.306 e. The molecule has 0 radical (unpaired) electrons. The molecule has 1 atom stereocenters. The van der Waals surface area contributed by atoms with E-state index < -0.39 is 6.10 Å². The van der Waals surface area contributed by atoms with Gasteiger partial charge in [0.15, 0.2) is 0 Å². The third-order valence-electron chi connectivity index (χ3n) is 6.72. The third-order valence-corrected chi connectivity index (χ3v) is 6.72. The number of hydrogen-bond donors (Lipinski definition) is 1. The lowest BCUT2D eigenvalue weighted by Crippen LogP contribution is -2.27. The van der Waals surface area contributed by atoms with Gasteiger partial charge in [-0.2, -0.15) is 0 Å². The van der Waals surface area contributed by atoms with Gasteiger partial charge < -0.3 is 14.6 Å². The fourth-order valence-corrected chi connectivity index (χ4v) is 4.25. The molecule has 0 saturated carbocycles. The van der Waals surface area contributed by atoms with Gasteiger partial charge in [-0.1, -0.05) is 127 Å². The first-order valence-electron chi connectivity index (χ1n) is 16.1. The van der Waals surface area contributed by atoms with Gasteiger partial charge in [-0.25, -0.2) is 0 Å². The molecule has 0 aromatic rings. The highest BCUT2D eigenvalue weighted by Gasteiger charge is 2.13. The van der Waals surface area contributed by atoms with Gasteiger partial charge >= 0.3 is 5.97 Å². The van der Waals surface area contributed by atoms with E-state index in [9.17, 15) is 9.90 Å². The highest BCUT2D eigenvalue weighted by Crippen LogP contribution is 2.11. The zero-order valence-electron chi connectivity index (χ0n) is 25.2. The van der Waals surface area contributed by atoms with E-state index >= 15 is 0 Å². The highest BCUT2D eigenvalue weighted by molar-refractivity contribution is 5.69. The van der Waals surface area contributed by atoms with Gasteiger partial charge in [-0.05, 0) is 51.4 Å². The zero-order valence-corrected chi connectivity index (χ0v) is 25.2. The van der Waals surface area contributed by atoms with Gasteiger partial charge in [0.2, 0.25) is 0 Å². The maximum atomic E-state index is 11.6. The van der Waals surface area contributed by atoms with Crippen molar-refractivity contribution < 1.29 is 19.4 Å². The topological polar surface area (TPSA) is 55.8 Å². The molecule has 0 aliphatic rings. The maximum absolute atomic E-state index is 11.6. The molecule has 1 N–H and O–H groups in total. The first kappa shape index (κ1) is 36.6. The van der Waals surface area contributed by atoms with E-state index in [2.05, 4.69) is 43.4 Å². The van der Waals surface area contributed by atoms with Crippen molar-refractivity contribution in [1.29, 1.82) is 0 Å². The lowest BCUT2D eigenvalue weighted by molar-refractivity contribution is -0.154.